The molecular weight excluding hydrogens is 298 g/mol. The van der Waals surface area contributed by atoms with E-state index < -0.39 is 10.0 Å². The Morgan fingerprint density at radius 2 is 2.00 bits per heavy atom. The van der Waals surface area contributed by atoms with E-state index in [9.17, 15) is 8.42 Å². The van der Waals surface area contributed by atoms with E-state index in [4.69, 9.17) is 10.5 Å². The number of nitrogens with one attached hydrogen (secondary N) is 1. The number of nitrogens with two attached hydrogens (primary N) is 1. The first-order valence-electron chi connectivity index (χ1n) is 5.80. The summed E-state index contributed by atoms with van der Waals surface area (Å²) in [5.74, 6) is 0.595. The first-order valence-corrected chi connectivity index (χ1v) is 8.16. The summed E-state index contributed by atoms with van der Waals surface area (Å²) in [5.41, 5.74) is 6.34. The van der Waals surface area contributed by atoms with E-state index >= 15 is 0 Å². The quantitative estimate of drug-likeness (QED) is 0.880. The van der Waals surface area contributed by atoms with Crippen molar-refractivity contribution in [3.8, 4) is 5.75 Å². The molecule has 0 aliphatic heterocycles. The second kappa shape index (κ2) is 5.78. The molecule has 6 nitrogen and oxygen atoms in total. The molecule has 0 saturated carbocycles. The molecule has 0 bridgehead atoms. The first kappa shape index (κ1) is 14.8. The second-order valence-corrected chi connectivity index (χ2v) is 6.69. The highest BCUT2D eigenvalue weighted by molar-refractivity contribution is 7.93. The molecule has 1 heterocycles. The van der Waals surface area contributed by atoms with Crippen molar-refractivity contribution in [1.29, 1.82) is 0 Å². The van der Waals surface area contributed by atoms with Crippen LogP contribution in [0.2, 0.25) is 0 Å². The van der Waals surface area contributed by atoms with Crippen molar-refractivity contribution in [2.75, 3.05) is 11.8 Å². The summed E-state index contributed by atoms with van der Waals surface area (Å²) < 4.78 is 31.7. The van der Waals surface area contributed by atoms with Crippen LogP contribution in [0.25, 0.3) is 0 Å². The summed E-state index contributed by atoms with van der Waals surface area (Å²) in [6, 6.07) is 5.89. The van der Waals surface area contributed by atoms with Gasteiger partial charge < -0.3 is 10.5 Å². The molecule has 0 saturated heterocycles. The zero-order valence-electron chi connectivity index (χ0n) is 11.0. The number of hydrogen-bond donors (Lipinski definition) is 2. The molecule has 1 atom stereocenters. The number of methoxy groups -OCH3 is 1. The van der Waals surface area contributed by atoms with Gasteiger partial charge in [-0.1, -0.05) is 0 Å². The number of sulfonamides is 1. The minimum atomic E-state index is -3.65. The van der Waals surface area contributed by atoms with E-state index in [1.54, 1.807) is 24.4 Å². The third kappa shape index (κ3) is 3.27. The fourth-order valence-corrected chi connectivity index (χ4v) is 3.54. The van der Waals surface area contributed by atoms with Crippen LogP contribution in [0.4, 0.5) is 5.13 Å². The summed E-state index contributed by atoms with van der Waals surface area (Å²) >= 11 is 1.20. The summed E-state index contributed by atoms with van der Waals surface area (Å²) in [4.78, 5) is 4.28. The summed E-state index contributed by atoms with van der Waals surface area (Å²) in [6.45, 7) is 1.79. The number of ether oxygens (including phenoxy) is 1. The molecular formula is C12H15N3O3S2. The molecule has 0 aliphatic carbocycles. The van der Waals surface area contributed by atoms with Crippen molar-refractivity contribution in [1.82, 2.24) is 4.98 Å². The van der Waals surface area contributed by atoms with E-state index in [1.807, 2.05) is 0 Å². The van der Waals surface area contributed by atoms with Crippen LogP contribution in [0.1, 0.15) is 18.7 Å². The largest absolute Gasteiger partial charge is 0.497 e. The van der Waals surface area contributed by atoms with Crippen molar-refractivity contribution in [3.05, 3.63) is 35.3 Å². The lowest BCUT2D eigenvalue weighted by molar-refractivity contribution is 0.414. The SMILES string of the molecule is COc1ccc(S(=O)(=O)Nc2nc(C(C)N)cs2)cc1. The Balaban J connectivity index is 2.21. The monoisotopic (exact) mass is 313 g/mol. The van der Waals surface area contributed by atoms with E-state index in [1.165, 1.54) is 30.6 Å². The van der Waals surface area contributed by atoms with Crippen LogP contribution >= 0.6 is 11.3 Å². The highest BCUT2D eigenvalue weighted by Gasteiger charge is 2.16. The molecule has 0 spiro atoms. The topological polar surface area (TPSA) is 94.3 Å². The van der Waals surface area contributed by atoms with Gasteiger partial charge in [0.05, 0.1) is 17.7 Å². The van der Waals surface area contributed by atoms with Crippen molar-refractivity contribution in [3.63, 3.8) is 0 Å². The highest BCUT2D eigenvalue weighted by atomic mass is 32.2. The molecule has 20 heavy (non-hydrogen) atoms. The number of anilines is 1. The molecule has 8 heteroatoms. The van der Waals surface area contributed by atoms with Crippen LogP contribution in [0, 0.1) is 0 Å². The first-order chi connectivity index (χ1) is 9.42. The summed E-state index contributed by atoms with van der Waals surface area (Å²) in [7, 11) is -2.13. The molecule has 108 valence electrons. The zero-order chi connectivity index (χ0) is 14.8. The predicted molar refractivity (Wildman–Crippen MR) is 78.5 cm³/mol. The molecule has 1 aromatic heterocycles. The van der Waals surface area contributed by atoms with E-state index in [2.05, 4.69) is 9.71 Å². The third-order valence-electron chi connectivity index (χ3n) is 2.58. The van der Waals surface area contributed by atoms with Gasteiger partial charge in [-0.2, -0.15) is 0 Å². The molecule has 0 fully saturated rings. The Morgan fingerprint density at radius 3 is 2.50 bits per heavy atom. The fourth-order valence-electron chi connectivity index (χ4n) is 1.47. The van der Waals surface area contributed by atoms with Crippen LogP contribution in [0.3, 0.4) is 0 Å². The lowest BCUT2D eigenvalue weighted by atomic mass is 10.3. The van der Waals surface area contributed by atoms with Gasteiger partial charge >= 0.3 is 0 Å². The van der Waals surface area contributed by atoms with Crippen molar-refractivity contribution >= 4 is 26.5 Å². The molecule has 0 amide bonds. The fraction of sp³-hybridized carbons (Fsp3) is 0.250. The van der Waals surface area contributed by atoms with Gasteiger partial charge in [-0.25, -0.2) is 13.4 Å². The van der Waals surface area contributed by atoms with Gasteiger partial charge in [0.15, 0.2) is 5.13 Å². The molecule has 0 radical (unpaired) electrons. The van der Waals surface area contributed by atoms with E-state index in [-0.39, 0.29) is 10.9 Å². The number of nitrogens with zero attached hydrogens (tertiary/aromatic N) is 1. The Bertz CT molecular complexity index is 678. The van der Waals surface area contributed by atoms with E-state index in [0.717, 1.165) is 0 Å². The molecule has 2 aromatic rings. The van der Waals surface area contributed by atoms with Gasteiger partial charge in [-0.3, -0.25) is 4.72 Å². The number of benzene rings is 1. The maximum absolute atomic E-state index is 12.2. The summed E-state index contributed by atoms with van der Waals surface area (Å²) in [6.07, 6.45) is 0. The van der Waals surface area contributed by atoms with Gasteiger partial charge in [0.25, 0.3) is 10.0 Å². The molecule has 0 aliphatic rings. The van der Waals surface area contributed by atoms with Crippen LogP contribution in [-0.4, -0.2) is 20.5 Å². The number of thiazole rings is 1. The Labute approximate surface area is 121 Å². The number of rotatable bonds is 5. The molecule has 1 aromatic carbocycles. The minimum Gasteiger partial charge on any atom is -0.497 e. The number of hydrogen-bond acceptors (Lipinski definition) is 6. The highest BCUT2D eigenvalue weighted by Crippen LogP contribution is 2.23. The maximum atomic E-state index is 12.2. The lowest BCUT2D eigenvalue weighted by Gasteiger charge is -2.06. The van der Waals surface area contributed by atoms with Crippen LogP contribution < -0.4 is 15.2 Å². The van der Waals surface area contributed by atoms with Crippen LogP contribution in [-0.2, 0) is 10.0 Å². The van der Waals surface area contributed by atoms with Crippen LogP contribution in [0.5, 0.6) is 5.75 Å². The lowest BCUT2D eigenvalue weighted by Crippen LogP contribution is -2.13. The van der Waals surface area contributed by atoms with Gasteiger partial charge in [0, 0.05) is 11.4 Å². The Kier molecular flexibility index (Phi) is 4.26. The molecule has 3 N–H and O–H groups in total. The summed E-state index contributed by atoms with van der Waals surface area (Å²) in [5, 5.41) is 2.03. The van der Waals surface area contributed by atoms with Crippen LogP contribution in [0.15, 0.2) is 34.5 Å². The molecule has 2 rings (SSSR count). The normalized spacial score (nSPS) is 12.9. The third-order valence-corrected chi connectivity index (χ3v) is 4.84. The molecule has 1 unspecified atom stereocenters. The van der Waals surface area contributed by atoms with Gasteiger partial charge in [0.1, 0.15) is 5.75 Å². The average molecular weight is 313 g/mol. The van der Waals surface area contributed by atoms with E-state index in [0.29, 0.717) is 16.6 Å². The Hall–Kier alpha value is -1.64. The minimum absolute atomic E-state index is 0.149. The standard InChI is InChI=1S/C12H15N3O3S2/c1-8(13)11-7-19-12(14-11)15-20(16,17)10-5-3-9(18-2)4-6-10/h3-8H,13H2,1-2H3,(H,14,15). The smallest absolute Gasteiger partial charge is 0.263 e. The average Bonchev–Trinajstić information content (AvgIpc) is 2.87. The van der Waals surface area contributed by atoms with Crippen molar-refractivity contribution < 1.29 is 13.2 Å². The Morgan fingerprint density at radius 1 is 1.35 bits per heavy atom. The van der Waals surface area contributed by atoms with Crippen molar-refractivity contribution in [2.24, 2.45) is 5.73 Å². The maximum Gasteiger partial charge on any atom is 0.263 e. The van der Waals surface area contributed by atoms with Gasteiger partial charge in [-0.05, 0) is 31.2 Å². The van der Waals surface area contributed by atoms with Gasteiger partial charge in [-0.15, -0.1) is 11.3 Å². The predicted octanol–water partition coefficient (Wildman–Crippen LogP) is 1.97. The zero-order valence-corrected chi connectivity index (χ0v) is 12.7. The van der Waals surface area contributed by atoms with Crippen molar-refractivity contribution in [2.45, 2.75) is 17.9 Å². The number of aromatic nitrogens is 1. The van der Waals surface area contributed by atoms with Gasteiger partial charge in [0.2, 0.25) is 0 Å². The second-order valence-electron chi connectivity index (χ2n) is 4.15.